The van der Waals surface area contributed by atoms with E-state index < -0.39 is 6.10 Å². The van der Waals surface area contributed by atoms with E-state index in [2.05, 4.69) is 10.3 Å². The molecule has 0 spiro atoms. The highest BCUT2D eigenvalue weighted by atomic mass is 16.5. The van der Waals surface area contributed by atoms with Crippen LogP contribution in [0.4, 0.5) is 0 Å². The lowest BCUT2D eigenvalue weighted by Gasteiger charge is -2.14. The number of hydrogen-bond donors (Lipinski definition) is 1. The second-order valence-corrected chi connectivity index (χ2v) is 4.94. The molecule has 0 unspecified atom stereocenters. The van der Waals surface area contributed by atoms with E-state index in [1.807, 2.05) is 49.4 Å². The van der Waals surface area contributed by atoms with Crippen LogP contribution in [0, 0.1) is 6.92 Å². The topological polar surface area (TPSA) is 51.2 Å². The van der Waals surface area contributed by atoms with E-state index in [0.29, 0.717) is 18.7 Å². The van der Waals surface area contributed by atoms with Gasteiger partial charge in [0.25, 0.3) is 5.91 Å². The van der Waals surface area contributed by atoms with Gasteiger partial charge in [0.15, 0.2) is 6.10 Å². The normalized spacial score (nSPS) is 11.7. The molecule has 1 atom stereocenters. The Morgan fingerprint density at radius 1 is 1.24 bits per heavy atom. The predicted molar refractivity (Wildman–Crippen MR) is 82.2 cm³/mol. The van der Waals surface area contributed by atoms with Gasteiger partial charge >= 0.3 is 0 Å². The van der Waals surface area contributed by atoms with E-state index in [9.17, 15) is 4.79 Å². The van der Waals surface area contributed by atoms with Crippen LogP contribution in [0.2, 0.25) is 0 Å². The summed E-state index contributed by atoms with van der Waals surface area (Å²) < 4.78 is 5.61. The first-order valence-corrected chi connectivity index (χ1v) is 7.06. The quantitative estimate of drug-likeness (QED) is 0.886. The summed E-state index contributed by atoms with van der Waals surface area (Å²) in [4.78, 5) is 16.2. The first kappa shape index (κ1) is 15.0. The highest BCUT2D eigenvalue weighted by Crippen LogP contribution is 2.13. The molecule has 21 heavy (non-hydrogen) atoms. The van der Waals surface area contributed by atoms with Gasteiger partial charge in [-0.05, 0) is 38.1 Å². The van der Waals surface area contributed by atoms with Crippen LogP contribution in [-0.4, -0.2) is 23.5 Å². The number of aromatic nitrogens is 1. The van der Waals surface area contributed by atoms with Gasteiger partial charge in [0.2, 0.25) is 0 Å². The number of rotatable bonds is 6. The molecule has 2 rings (SSSR count). The van der Waals surface area contributed by atoms with E-state index in [1.165, 1.54) is 0 Å². The number of ether oxygens (including phenoxy) is 1. The number of pyridine rings is 1. The number of nitrogens with one attached hydrogen (secondary N) is 1. The van der Waals surface area contributed by atoms with Crippen molar-refractivity contribution in [2.45, 2.75) is 26.4 Å². The van der Waals surface area contributed by atoms with Gasteiger partial charge in [-0.2, -0.15) is 0 Å². The van der Waals surface area contributed by atoms with Crippen molar-refractivity contribution in [2.75, 3.05) is 6.54 Å². The number of benzene rings is 1. The first-order chi connectivity index (χ1) is 10.1. The van der Waals surface area contributed by atoms with Crippen molar-refractivity contribution in [1.82, 2.24) is 10.3 Å². The number of nitrogens with zero attached hydrogens (tertiary/aromatic N) is 1. The summed E-state index contributed by atoms with van der Waals surface area (Å²) in [6, 6.07) is 13.4. The number of amides is 1. The molecule has 0 saturated heterocycles. The monoisotopic (exact) mass is 284 g/mol. The molecule has 4 nitrogen and oxygen atoms in total. The Bertz CT molecular complexity index is 567. The molecule has 1 heterocycles. The smallest absolute Gasteiger partial charge is 0.260 e. The van der Waals surface area contributed by atoms with Crippen LogP contribution < -0.4 is 10.1 Å². The summed E-state index contributed by atoms with van der Waals surface area (Å²) in [5, 5.41) is 2.86. The minimum Gasteiger partial charge on any atom is -0.481 e. The van der Waals surface area contributed by atoms with Gasteiger partial charge < -0.3 is 10.1 Å². The fourth-order valence-corrected chi connectivity index (χ4v) is 1.88. The van der Waals surface area contributed by atoms with Crippen LogP contribution in [0.5, 0.6) is 5.75 Å². The largest absolute Gasteiger partial charge is 0.481 e. The van der Waals surface area contributed by atoms with Gasteiger partial charge in [-0.15, -0.1) is 0 Å². The van der Waals surface area contributed by atoms with Crippen molar-refractivity contribution in [3.05, 3.63) is 59.9 Å². The lowest BCUT2D eigenvalue weighted by atomic mass is 10.2. The van der Waals surface area contributed by atoms with Crippen LogP contribution in [0.15, 0.2) is 48.7 Å². The molecular formula is C17H20N2O2. The average molecular weight is 284 g/mol. The van der Waals surface area contributed by atoms with Crippen LogP contribution in [0.3, 0.4) is 0 Å². The zero-order chi connectivity index (χ0) is 15.1. The van der Waals surface area contributed by atoms with Crippen molar-refractivity contribution in [3.8, 4) is 5.75 Å². The second kappa shape index (κ2) is 7.43. The van der Waals surface area contributed by atoms with Crippen molar-refractivity contribution < 1.29 is 9.53 Å². The molecular weight excluding hydrogens is 264 g/mol. The Morgan fingerprint density at radius 3 is 2.67 bits per heavy atom. The standard InChI is InChI=1S/C17H20N2O2/c1-13-6-8-16(9-7-13)21-14(2)17(20)19-12-10-15-5-3-4-11-18-15/h3-9,11,14H,10,12H2,1-2H3,(H,19,20)/t14-/m0/s1. The molecule has 0 radical (unpaired) electrons. The minimum absolute atomic E-state index is 0.119. The Labute approximate surface area is 125 Å². The average Bonchev–Trinajstić information content (AvgIpc) is 2.50. The molecule has 0 bridgehead atoms. The fourth-order valence-electron chi connectivity index (χ4n) is 1.88. The molecule has 0 aliphatic carbocycles. The molecule has 2 aromatic rings. The SMILES string of the molecule is Cc1ccc(O[C@@H](C)C(=O)NCCc2ccccn2)cc1. The Kier molecular flexibility index (Phi) is 5.32. The molecule has 0 saturated carbocycles. The third-order valence-corrected chi connectivity index (χ3v) is 3.11. The lowest BCUT2D eigenvalue weighted by molar-refractivity contribution is -0.127. The Hall–Kier alpha value is -2.36. The van der Waals surface area contributed by atoms with Crippen LogP contribution in [-0.2, 0) is 11.2 Å². The van der Waals surface area contributed by atoms with Crippen LogP contribution >= 0.6 is 0 Å². The van der Waals surface area contributed by atoms with E-state index >= 15 is 0 Å². The van der Waals surface area contributed by atoms with E-state index in [-0.39, 0.29) is 5.91 Å². The van der Waals surface area contributed by atoms with E-state index in [4.69, 9.17) is 4.74 Å². The predicted octanol–water partition coefficient (Wildman–Crippen LogP) is 2.52. The summed E-state index contributed by atoms with van der Waals surface area (Å²) in [5.41, 5.74) is 2.12. The van der Waals surface area contributed by atoms with Gasteiger partial charge in [0.05, 0.1) is 0 Å². The highest BCUT2D eigenvalue weighted by Gasteiger charge is 2.13. The summed E-state index contributed by atoms with van der Waals surface area (Å²) in [7, 11) is 0. The lowest BCUT2D eigenvalue weighted by Crippen LogP contribution is -2.37. The molecule has 0 aliphatic heterocycles. The third kappa shape index (κ3) is 4.91. The molecule has 1 amide bonds. The van der Waals surface area contributed by atoms with Gasteiger partial charge in [0, 0.05) is 24.9 Å². The molecule has 0 aliphatic rings. The zero-order valence-corrected chi connectivity index (χ0v) is 12.4. The van der Waals surface area contributed by atoms with E-state index in [0.717, 1.165) is 11.3 Å². The first-order valence-electron chi connectivity index (χ1n) is 7.06. The summed E-state index contributed by atoms with van der Waals surface area (Å²) in [5.74, 6) is 0.583. The second-order valence-electron chi connectivity index (χ2n) is 4.94. The molecule has 0 fully saturated rings. The molecule has 110 valence electrons. The number of carbonyl (C=O) groups excluding carboxylic acids is 1. The van der Waals surface area contributed by atoms with Gasteiger partial charge in [0.1, 0.15) is 5.75 Å². The minimum atomic E-state index is -0.517. The van der Waals surface area contributed by atoms with Gasteiger partial charge in [-0.1, -0.05) is 23.8 Å². The molecule has 1 aromatic carbocycles. The fraction of sp³-hybridized carbons (Fsp3) is 0.294. The maximum Gasteiger partial charge on any atom is 0.260 e. The molecule has 1 aromatic heterocycles. The summed E-state index contributed by atoms with van der Waals surface area (Å²) in [6.07, 6.45) is 1.95. The van der Waals surface area contributed by atoms with Crippen molar-refractivity contribution >= 4 is 5.91 Å². The maximum absolute atomic E-state index is 11.9. The zero-order valence-electron chi connectivity index (χ0n) is 12.4. The van der Waals surface area contributed by atoms with Crippen LogP contribution in [0.1, 0.15) is 18.2 Å². The third-order valence-electron chi connectivity index (χ3n) is 3.11. The Morgan fingerprint density at radius 2 is 2.00 bits per heavy atom. The van der Waals surface area contributed by atoms with Gasteiger partial charge in [-0.25, -0.2) is 0 Å². The Balaban J connectivity index is 1.76. The summed E-state index contributed by atoms with van der Waals surface area (Å²) >= 11 is 0. The highest BCUT2D eigenvalue weighted by molar-refractivity contribution is 5.80. The summed E-state index contributed by atoms with van der Waals surface area (Å²) in [6.45, 7) is 4.31. The maximum atomic E-state index is 11.9. The number of aryl methyl sites for hydroxylation is 1. The molecule has 4 heteroatoms. The molecule has 1 N–H and O–H groups in total. The van der Waals surface area contributed by atoms with E-state index in [1.54, 1.807) is 13.1 Å². The number of hydrogen-bond acceptors (Lipinski definition) is 3. The van der Waals surface area contributed by atoms with Crippen molar-refractivity contribution in [3.63, 3.8) is 0 Å². The van der Waals surface area contributed by atoms with Crippen molar-refractivity contribution in [1.29, 1.82) is 0 Å². The van der Waals surface area contributed by atoms with Crippen molar-refractivity contribution in [2.24, 2.45) is 0 Å². The van der Waals surface area contributed by atoms with Gasteiger partial charge in [-0.3, -0.25) is 9.78 Å². The number of carbonyl (C=O) groups is 1. The van der Waals surface area contributed by atoms with Crippen LogP contribution in [0.25, 0.3) is 0 Å².